The normalized spacial score (nSPS) is 10.5. The zero-order valence-electron chi connectivity index (χ0n) is 9.21. The van der Waals surface area contributed by atoms with Crippen molar-refractivity contribution in [2.24, 2.45) is 0 Å². The molecular formula is C10H19N3O. The lowest BCUT2D eigenvalue weighted by Gasteiger charge is -2.07. The van der Waals surface area contributed by atoms with Crippen molar-refractivity contribution >= 4 is 5.95 Å². The van der Waals surface area contributed by atoms with Crippen molar-refractivity contribution in [2.75, 3.05) is 25.6 Å². The lowest BCUT2D eigenvalue weighted by molar-refractivity contribution is 0.210. The molecule has 0 bridgehead atoms. The van der Waals surface area contributed by atoms with Crippen LogP contribution < -0.4 is 5.32 Å². The highest BCUT2D eigenvalue weighted by Crippen LogP contribution is 2.08. The molecule has 0 aliphatic heterocycles. The lowest BCUT2D eigenvalue weighted by Crippen LogP contribution is -2.12. The molecule has 4 nitrogen and oxygen atoms in total. The van der Waals surface area contributed by atoms with E-state index in [0.717, 1.165) is 31.2 Å². The molecule has 80 valence electrons. The van der Waals surface area contributed by atoms with E-state index in [2.05, 4.69) is 28.0 Å². The van der Waals surface area contributed by atoms with Gasteiger partial charge >= 0.3 is 0 Å². The fraction of sp³-hybridized carbons (Fsp3) is 0.700. The SMILES string of the molecule is CCCn1cc(C)nc1NCCOC. The number of rotatable bonds is 6. The van der Waals surface area contributed by atoms with Crippen molar-refractivity contribution in [1.29, 1.82) is 0 Å². The standard InChI is InChI=1S/C10H19N3O/c1-4-6-13-8-9(2)12-10(13)11-5-7-14-3/h8H,4-7H2,1-3H3,(H,11,12). The first-order valence-corrected chi connectivity index (χ1v) is 5.04. The summed E-state index contributed by atoms with van der Waals surface area (Å²) in [5.74, 6) is 0.946. The Morgan fingerprint density at radius 1 is 1.57 bits per heavy atom. The predicted octanol–water partition coefficient (Wildman–Crippen LogP) is 1.66. The van der Waals surface area contributed by atoms with Crippen LogP contribution in [0.25, 0.3) is 0 Å². The number of hydrogen-bond donors (Lipinski definition) is 1. The molecule has 1 aromatic heterocycles. The maximum absolute atomic E-state index is 4.97. The van der Waals surface area contributed by atoms with Crippen LogP contribution in [-0.2, 0) is 11.3 Å². The zero-order chi connectivity index (χ0) is 10.4. The van der Waals surface area contributed by atoms with Crippen LogP contribution in [0, 0.1) is 6.92 Å². The zero-order valence-corrected chi connectivity index (χ0v) is 9.21. The van der Waals surface area contributed by atoms with Crippen molar-refractivity contribution in [1.82, 2.24) is 9.55 Å². The molecule has 14 heavy (non-hydrogen) atoms. The van der Waals surface area contributed by atoms with E-state index in [1.165, 1.54) is 0 Å². The number of aromatic nitrogens is 2. The van der Waals surface area contributed by atoms with Gasteiger partial charge in [0.1, 0.15) is 0 Å². The van der Waals surface area contributed by atoms with Crippen LogP contribution in [0.4, 0.5) is 5.95 Å². The number of hydrogen-bond acceptors (Lipinski definition) is 3. The average Bonchev–Trinajstić information content (AvgIpc) is 2.48. The molecule has 1 heterocycles. The molecule has 1 rings (SSSR count). The Bertz CT molecular complexity index is 270. The average molecular weight is 197 g/mol. The van der Waals surface area contributed by atoms with Gasteiger partial charge in [-0.25, -0.2) is 4.98 Å². The topological polar surface area (TPSA) is 39.1 Å². The molecule has 0 amide bonds. The van der Waals surface area contributed by atoms with Gasteiger partial charge in [0.25, 0.3) is 0 Å². The summed E-state index contributed by atoms with van der Waals surface area (Å²) in [6.07, 6.45) is 3.19. The molecule has 0 spiro atoms. The monoisotopic (exact) mass is 197 g/mol. The van der Waals surface area contributed by atoms with E-state index >= 15 is 0 Å². The molecule has 0 unspecified atom stereocenters. The van der Waals surface area contributed by atoms with Crippen molar-refractivity contribution < 1.29 is 4.74 Å². The van der Waals surface area contributed by atoms with E-state index in [1.54, 1.807) is 7.11 Å². The van der Waals surface area contributed by atoms with Crippen molar-refractivity contribution in [2.45, 2.75) is 26.8 Å². The summed E-state index contributed by atoms with van der Waals surface area (Å²) in [5, 5.41) is 3.25. The molecule has 0 aliphatic rings. The number of aryl methyl sites for hydroxylation is 2. The first-order chi connectivity index (χ1) is 6.77. The van der Waals surface area contributed by atoms with Gasteiger partial charge in [-0.15, -0.1) is 0 Å². The van der Waals surface area contributed by atoms with E-state index in [-0.39, 0.29) is 0 Å². The Balaban J connectivity index is 2.54. The summed E-state index contributed by atoms with van der Waals surface area (Å²) >= 11 is 0. The molecule has 0 fully saturated rings. The summed E-state index contributed by atoms with van der Waals surface area (Å²) in [6, 6.07) is 0. The Morgan fingerprint density at radius 3 is 3.00 bits per heavy atom. The summed E-state index contributed by atoms with van der Waals surface area (Å²) in [5.41, 5.74) is 1.05. The van der Waals surface area contributed by atoms with Crippen LogP contribution in [0.2, 0.25) is 0 Å². The van der Waals surface area contributed by atoms with Gasteiger partial charge in [-0.1, -0.05) is 6.92 Å². The highest BCUT2D eigenvalue weighted by Gasteiger charge is 2.02. The molecular weight excluding hydrogens is 178 g/mol. The molecule has 4 heteroatoms. The molecule has 1 aromatic rings. The van der Waals surface area contributed by atoms with Gasteiger partial charge in [0.05, 0.1) is 12.3 Å². The second-order valence-electron chi connectivity index (χ2n) is 3.32. The number of nitrogens with zero attached hydrogens (tertiary/aromatic N) is 2. The molecule has 0 atom stereocenters. The van der Waals surface area contributed by atoms with E-state index in [0.29, 0.717) is 6.61 Å². The number of nitrogens with one attached hydrogen (secondary N) is 1. The summed E-state index contributed by atoms with van der Waals surface area (Å²) < 4.78 is 7.11. The third-order valence-corrected chi connectivity index (χ3v) is 1.95. The Hall–Kier alpha value is -1.03. The van der Waals surface area contributed by atoms with Gasteiger partial charge in [-0.3, -0.25) is 0 Å². The minimum Gasteiger partial charge on any atom is -0.383 e. The third-order valence-electron chi connectivity index (χ3n) is 1.95. The Labute approximate surface area is 85.3 Å². The van der Waals surface area contributed by atoms with Gasteiger partial charge in [-0.2, -0.15) is 0 Å². The van der Waals surface area contributed by atoms with Crippen LogP contribution in [-0.4, -0.2) is 29.8 Å². The van der Waals surface area contributed by atoms with E-state index in [1.807, 2.05) is 6.92 Å². The van der Waals surface area contributed by atoms with Crippen molar-refractivity contribution in [3.63, 3.8) is 0 Å². The quantitative estimate of drug-likeness (QED) is 0.705. The number of methoxy groups -OCH3 is 1. The largest absolute Gasteiger partial charge is 0.383 e. The molecule has 1 N–H and O–H groups in total. The third kappa shape index (κ3) is 3.03. The van der Waals surface area contributed by atoms with E-state index in [9.17, 15) is 0 Å². The highest BCUT2D eigenvalue weighted by atomic mass is 16.5. The maximum atomic E-state index is 4.97. The Morgan fingerprint density at radius 2 is 2.36 bits per heavy atom. The summed E-state index contributed by atoms with van der Waals surface area (Å²) in [7, 11) is 1.70. The molecule has 0 aromatic carbocycles. The van der Waals surface area contributed by atoms with Crippen LogP contribution >= 0.6 is 0 Å². The lowest BCUT2D eigenvalue weighted by atomic mass is 10.5. The van der Waals surface area contributed by atoms with Crippen molar-refractivity contribution in [3.05, 3.63) is 11.9 Å². The second kappa shape index (κ2) is 5.65. The molecule has 0 saturated heterocycles. The predicted molar refractivity (Wildman–Crippen MR) is 57.6 cm³/mol. The van der Waals surface area contributed by atoms with Gasteiger partial charge in [0.15, 0.2) is 0 Å². The van der Waals surface area contributed by atoms with Crippen LogP contribution in [0.5, 0.6) is 0 Å². The van der Waals surface area contributed by atoms with E-state index < -0.39 is 0 Å². The highest BCUT2D eigenvalue weighted by molar-refractivity contribution is 5.28. The van der Waals surface area contributed by atoms with Crippen LogP contribution in [0.1, 0.15) is 19.0 Å². The first-order valence-electron chi connectivity index (χ1n) is 5.04. The van der Waals surface area contributed by atoms with Gasteiger partial charge in [0.2, 0.25) is 5.95 Å². The summed E-state index contributed by atoms with van der Waals surface area (Å²) in [4.78, 5) is 4.40. The maximum Gasteiger partial charge on any atom is 0.203 e. The first kappa shape index (κ1) is 11.0. The number of imidazole rings is 1. The fourth-order valence-electron chi connectivity index (χ4n) is 1.36. The fourth-order valence-corrected chi connectivity index (χ4v) is 1.36. The molecule has 0 saturated carbocycles. The smallest absolute Gasteiger partial charge is 0.203 e. The number of anilines is 1. The van der Waals surface area contributed by atoms with Gasteiger partial charge < -0.3 is 14.6 Å². The van der Waals surface area contributed by atoms with E-state index in [4.69, 9.17) is 4.74 Å². The van der Waals surface area contributed by atoms with Crippen LogP contribution in [0.15, 0.2) is 6.20 Å². The van der Waals surface area contributed by atoms with Gasteiger partial charge in [0, 0.05) is 26.4 Å². The summed E-state index contributed by atoms with van der Waals surface area (Å²) in [6.45, 7) is 6.69. The minimum absolute atomic E-state index is 0.706. The minimum atomic E-state index is 0.706. The molecule has 0 aliphatic carbocycles. The molecule has 0 radical (unpaired) electrons. The Kier molecular flexibility index (Phi) is 4.46. The van der Waals surface area contributed by atoms with Crippen molar-refractivity contribution in [3.8, 4) is 0 Å². The van der Waals surface area contributed by atoms with Crippen LogP contribution in [0.3, 0.4) is 0 Å². The van der Waals surface area contributed by atoms with Gasteiger partial charge in [-0.05, 0) is 13.3 Å². The second-order valence-corrected chi connectivity index (χ2v) is 3.32. The number of ether oxygens (including phenoxy) is 1.